The molecule has 0 atom stereocenters. The van der Waals surface area contributed by atoms with Crippen LogP contribution in [0.4, 0.5) is 8.78 Å². The van der Waals surface area contributed by atoms with E-state index in [1.807, 2.05) is 13.8 Å². The minimum atomic E-state index is -0.827. The molecule has 0 aliphatic rings. The summed E-state index contributed by atoms with van der Waals surface area (Å²) < 4.78 is 32.5. The highest BCUT2D eigenvalue weighted by atomic mass is 19.1. The number of amides is 1. The van der Waals surface area contributed by atoms with Crippen LogP contribution in [0.15, 0.2) is 24.8 Å². The van der Waals surface area contributed by atoms with Crippen molar-refractivity contribution in [1.82, 2.24) is 10.6 Å². The lowest BCUT2D eigenvalue weighted by molar-refractivity contribution is -0.122. The molecular formula is C15H20F2N2O2. The lowest BCUT2D eigenvalue weighted by Crippen LogP contribution is -2.29. The van der Waals surface area contributed by atoms with E-state index in [4.69, 9.17) is 4.74 Å². The first-order valence-corrected chi connectivity index (χ1v) is 6.65. The van der Waals surface area contributed by atoms with Gasteiger partial charge in [0.15, 0.2) is 24.0 Å². The summed E-state index contributed by atoms with van der Waals surface area (Å²) in [5.74, 6) is -2.67. The quantitative estimate of drug-likeness (QED) is 0.723. The van der Waals surface area contributed by atoms with Gasteiger partial charge in [0.1, 0.15) is 0 Å². The second kappa shape index (κ2) is 8.36. The van der Waals surface area contributed by atoms with E-state index in [9.17, 15) is 13.6 Å². The van der Waals surface area contributed by atoms with Crippen molar-refractivity contribution in [3.05, 3.63) is 42.0 Å². The first-order chi connectivity index (χ1) is 9.93. The lowest BCUT2D eigenvalue weighted by Gasteiger charge is -2.12. The van der Waals surface area contributed by atoms with Gasteiger partial charge in [0.2, 0.25) is 0 Å². The highest BCUT2D eigenvalue weighted by Crippen LogP contribution is 2.23. The van der Waals surface area contributed by atoms with Crippen LogP contribution in [0.3, 0.4) is 0 Å². The Kier molecular flexibility index (Phi) is 6.81. The molecule has 4 nitrogen and oxygen atoms in total. The van der Waals surface area contributed by atoms with E-state index in [1.165, 1.54) is 18.2 Å². The molecule has 0 aliphatic heterocycles. The molecular weight excluding hydrogens is 278 g/mol. The highest BCUT2D eigenvalue weighted by Gasteiger charge is 2.14. The number of ether oxygens (including phenoxy) is 1. The zero-order valence-electron chi connectivity index (χ0n) is 12.2. The third-order valence-corrected chi connectivity index (χ3v) is 2.56. The molecule has 1 amide bonds. The molecule has 6 heteroatoms. The fraction of sp³-hybridized carbons (Fsp3) is 0.400. The first-order valence-electron chi connectivity index (χ1n) is 6.65. The van der Waals surface area contributed by atoms with E-state index in [0.29, 0.717) is 12.1 Å². The van der Waals surface area contributed by atoms with Crippen LogP contribution in [0, 0.1) is 11.6 Å². The summed E-state index contributed by atoms with van der Waals surface area (Å²) in [7, 11) is 0. The van der Waals surface area contributed by atoms with E-state index < -0.39 is 29.9 Å². The summed E-state index contributed by atoms with van der Waals surface area (Å²) in [6.45, 7) is 7.48. The number of halogens is 2. The number of rotatable bonds is 8. The summed E-state index contributed by atoms with van der Waals surface area (Å²) >= 11 is 0. The molecule has 0 unspecified atom stereocenters. The number of benzene rings is 1. The number of hydrogen-bond donors (Lipinski definition) is 2. The van der Waals surface area contributed by atoms with Crippen molar-refractivity contribution < 1.29 is 18.3 Å². The SMILES string of the molecule is C=CCNC(=O)COc1c(F)cc(CNC(C)C)cc1F. The van der Waals surface area contributed by atoms with Gasteiger partial charge in [-0.15, -0.1) is 6.58 Å². The molecule has 0 spiro atoms. The van der Waals surface area contributed by atoms with E-state index >= 15 is 0 Å². The van der Waals surface area contributed by atoms with Gasteiger partial charge in [-0.2, -0.15) is 0 Å². The summed E-state index contributed by atoms with van der Waals surface area (Å²) in [4.78, 5) is 11.3. The molecule has 0 bridgehead atoms. The summed E-state index contributed by atoms with van der Waals surface area (Å²) in [6.07, 6.45) is 1.50. The topological polar surface area (TPSA) is 50.4 Å². The number of hydrogen-bond acceptors (Lipinski definition) is 3. The molecule has 21 heavy (non-hydrogen) atoms. The molecule has 1 rings (SSSR count). The molecule has 0 saturated carbocycles. The fourth-order valence-corrected chi connectivity index (χ4v) is 1.55. The van der Waals surface area contributed by atoms with E-state index in [1.54, 1.807) is 0 Å². The maximum absolute atomic E-state index is 13.8. The normalized spacial score (nSPS) is 10.5. The first kappa shape index (κ1) is 17.1. The Bertz CT molecular complexity index is 481. The zero-order valence-corrected chi connectivity index (χ0v) is 12.2. The average Bonchev–Trinajstić information content (AvgIpc) is 2.41. The molecule has 0 heterocycles. The predicted molar refractivity (Wildman–Crippen MR) is 77.0 cm³/mol. The molecule has 1 aromatic rings. The summed E-state index contributed by atoms with van der Waals surface area (Å²) in [5, 5.41) is 5.51. The van der Waals surface area contributed by atoms with Crippen LogP contribution < -0.4 is 15.4 Å². The maximum Gasteiger partial charge on any atom is 0.258 e. The largest absolute Gasteiger partial charge is 0.478 e. The smallest absolute Gasteiger partial charge is 0.258 e. The van der Waals surface area contributed by atoms with E-state index in [-0.39, 0.29) is 12.6 Å². The standard InChI is InChI=1S/C15H20F2N2O2/c1-4-5-18-14(20)9-21-15-12(16)6-11(7-13(15)17)8-19-10(2)3/h4,6-7,10,19H,1,5,8-9H2,2-3H3,(H,18,20). The summed E-state index contributed by atoms with van der Waals surface area (Å²) in [6, 6.07) is 2.59. The minimum Gasteiger partial charge on any atom is -0.478 e. The van der Waals surface area contributed by atoms with Gasteiger partial charge >= 0.3 is 0 Å². The van der Waals surface area contributed by atoms with Crippen molar-refractivity contribution in [2.45, 2.75) is 26.4 Å². The van der Waals surface area contributed by atoms with Gasteiger partial charge in [-0.25, -0.2) is 8.78 Å². The molecule has 0 aromatic heterocycles. The Morgan fingerprint density at radius 1 is 1.38 bits per heavy atom. The maximum atomic E-state index is 13.8. The fourth-order valence-electron chi connectivity index (χ4n) is 1.55. The van der Waals surface area contributed by atoms with E-state index in [0.717, 1.165) is 0 Å². The Hall–Kier alpha value is -1.95. The van der Waals surface area contributed by atoms with Crippen LogP contribution in [0.1, 0.15) is 19.4 Å². The highest BCUT2D eigenvalue weighted by molar-refractivity contribution is 5.77. The van der Waals surface area contributed by atoms with Crippen molar-refractivity contribution in [2.24, 2.45) is 0 Å². The minimum absolute atomic E-state index is 0.209. The van der Waals surface area contributed by atoms with E-state index in [2.05, 4.69) is 17.2 Å². The lowest BCUT2D eigenvalue weighted by atomic mass is 10.2. The second-order valence-electron chi connectivity index (χ2n) is 4.81. The van der Waals surface area contributed by atoms with Crippen molar-refractivity contribution in [2.75, 3.05) is 13.2 Å². The Morgan fingerprint density at radius 2 is 2.00 bits per heavy atom. The Labute approximate surface area is 123 Å². The van der Waals surface area contributed by atoms with Gasteiger partial charge in [0, 0.05) is 19.1 Å². The number of carbonyl (C=O) groups is 1. The third kappa shape index (κ3) is 5.91. The van der Waals surface area contributed by atoms with Crippen molar-refractivity contribution in [1.29, 1.82) is 0 Å². The van der Waals surface area contributed by atoms with Crippen LogP contribution in [-0.4, -0.2) is 25.1 Å². The average molecular weight is 298 g/mol. The number of carbonyl (C=O) groups excluding carboxylic acids is 1. The van der Waals surface area contributed by atoms with Gasteiger partial charge in [0.05, 0.1) is 0 Å². The molecule has 0 saturated heterocycles. The monoisotopic (exact) mass is 298 g/mol. The zero-order chi connectivity index (χ0) is 15.8. The van der Waals surface area contributed by atoms with Crippen molar-refractivity contribution in [3.63, 3.8) is 0 Å². The van der Waals surface area contributed by atoms with Crippen LogP contribution in [-0.2, 0) is 11.3 Å². The van der Waals surface area contributed by atoms with Crippen molar-refractivity contribution >= 4 is 5.91 Å². The molecule has 0 radical (unpaired) electrons. The van der Waals surface area contributed by atoms with Gasteiger partial charge in [0.25, 0.3) is 5.91 Å². The summed E-state index contributed by atoms with van der Waals surface area (Å²) in [5.41, 5.74) is 0.474. The molecule has 1 aromatic carbocycles. The second-order valence-corrected chi connectivity index (χ2v) is 4.81. The Morgan fingerprint density at radius 3 is 2.52 bits per heavy atom. The predicted octanol–water partition coefficient (Wildman–Crippen LogP) is 2.14. The van der Waals surface area contributed by atoms with Gasteiger partial charge in [-0.05, 0) is 17.7 Å². The molecule has 0 aliphatic carbocycles. The third-order valence-electron chi connectivity index (χ3n) is 2.56. The van der Waals surface area contributed by atoms with Gasteiger partial charge < -0.3 is 15.4 Å². The number of nitrogens with one attached hydrogen (secondary N) is 2. The van der Waals surface area contributed by atoms with Crippen LogP contribution in [0.25, 0.3) is 0 Å². The molecule has 2 N–H and O–H groups in total. The van der Waals surface area contributed by atoms with Crippen LogP contribution >= 0.6 is 0 Å². The Balaban J connectivity index is 2.67. The molecule has 116 valence electrons. The van der Waals surface area contributed by atoms with Gasteiger partial charge in [-0.1, -0.05) is 19.9 Å². The molecule has 0 fully saturated rings. The van der Waals surface area contributed by atoms with Gasteiger partial charge in [-0.3, -0.25) is 4.79 Å². The van der Waals surface area contributed by atoms with Crippen LogP contribution in [0.5, 0.6) is 5.75 Å². The van der Waals surface area contributed by atoms with Crippen LogP contribution in [0.2, 0.25) is 0 Å². The van der Waals surface area contributed by atoms with Crippen molar-refractivity contribution in [3.8, 4) is 5.75 Å².